The van der Waals surface area contributed by atoms with E-state index in [1.165, 1.54) is 0 Å². The largest absolute Gasteiger partial charge is 0.388 e. The Bertz CT molecular complexity index is 301. The second kappa shape index (κ2) is 5.95. The molecule has 9 heteroatoms. The van der Waals surface area contributed by atoms with Crippen molar-refractivity contribution in [2.45, 2.75) is 49.2 Å². The van der Waals surface area contributed by atoms with Crippen molar-refractivity contribution in [3.05, 3.63) is 0 Å². The van der Waals surface area contributed by atoms with Crippen molar-refractivity contribution in [3.8, 4) is 0 Å². The molecule has 19 heavy (non-hydrogen) atoms. The molecule has 9 nitrogen and oxygen atoms in total. The first-order valence-electron chi connectivity index (χ1n) is 5.89. The molecule has 0 saturated carbocycles. The van der Waals surface area contributed by atoms with Gasteiger partial charge >= 0.3 is 0 Å². The van der Waals surface area contributed by atoms with Gasteiger partial charge in [-0.2, -0.15) is 0 Å². The van der Waals surface area contributed by atoms with Crippen LogP contribution in [0.1, 0.15) is 0 Å². The summed E-state index contributed by atoms with van der Waals surface area (Å²) in [5.74, 6) is 0. The summed E-state index contributed by atoms with van der Waals surface area (Å²) >= 11 is 0. The van der Waals surface area contributed by atoms with Crippen LogP contribution < -0.4 is 0 Å². The molecule has 2 fully saturated rings. The maximum Gasteiger partial charge on any atom is 0.186 e. The number of rotatable bonds is 3. The van der Waals surface area contributed by atoms with Crippen LogP contribution in [0.2, 0.25) is 0 Å². The van der Waals surface area contributed by atoms with Gasteiger partial charge < -0.3 is 44.8 Å². The Balaban J connectivity index is 1.83. The SMILES string of the molecule is O[C@@H]1[C@H](OC[C@@H]2O[C@H](O)[C@@H](O)[C@@H]2O)OC[C@H](O)[C@H]1O. The van der Waals surface area contributed by atoms with Gasteiger partial charge in [0.25, 0.3) is 0 Å². The maximum absolute atomic E-state index is 9.59. The Morgan fingerprint density at radius 2 is 1.58 bits per heavy atom. The molecule has 0 amide bonds. The Morgan fingerprint density at radius 3 is 2.16 bits per heavy atom. The fourth-order valence-electron chi connectivity index (χ4n) is 1.98. The molecule has 0 radical (unpaired) electrons. The Hall–Kier alpha value is -0.360. The van der Waals surface area contributed by atoms with E-state index in [0.717, 1.165) is 0 Å². The predicted octanol–water partition coefficient (Wildman–Crippen LogP) is -4.12. The summed E-state index contributed by atoms with van der Waals surface area (Å²) in [4.78, 5) is 0. The lowest BCUT2D eigenvalue weighted by Gasteiger charge is -2.35. The van der Waals surface area contributed by atoms with Gasteiger partial charge in [0, 0.05) is 0 Å². The Labute approximate surface area is 108 Å². The molecule has 2 aliphatic heterocycles. The van der Waals surface area contributed by atoms with E-state index in [9.17, 15) is 25.5 Å². The van der Waals surface area contributed by atoms with Crippen molar-refractivity contribution in [2.24, 2.45) is 0 Å². The van der Waals surface area contributed by atoms with Crippen LogP contribution in [-0.2, 0) is 14.2 Å². The monoisotopic (exact) mass is 282 g/mol. The van der Waals surface area contributed by atoms with Crippen LogP contribution in [-0.4, -0.2) is 93.1 Å². The van der Waals surface area contributed by atoms with E-state index < -0.39 is 49.2 Å². The van der Waals surface area contributed by atoms with Crippen LogP contribution in [0.15, 0.2) is 0 Å². The number of hydrogen-bond donors (Lipinski definition) is 6. The summed E-state index contributed by atoms with van der Waals surface area (Å²) < 4.78 is 14.9. The average molecular weight is 282 g/mol. The third-order valence-electron chi connectivity index (χ3n) is 3.22. The minimum absolute atomic E-state index is 0.206. The van der Waals surface area contributed by atoms with Crippen molar-refractivity contribution >= 4 is 0 Å². The van der Waals surface area contributed by atoms with Crippen LogP contribution in [0.25, 0.3) is 0 Å². The molecule has 8 atom stereocenters. The standard InChI is InChI=1S/C10H18O9/c11-3-1-17-10(8(15)5(3)12)18-2-4-6(13)7(14)9(16)19-4/h3-16H,1-2H2/t3-,4-,5+,6+,7-,8-,9-,10-/m0/s1. The molecule has 0 aromatic rings. The number of hydrogen-bond acceptors (Lipinski definition) is 9. The fourth-order valence-corrected chi connectivity index (χ4v) is 1.98. The summed E-state index contributed by atoms with van der Waals surface area (Å²) in [6.45, 7) is -0.470. The third-order valence-corrected chi connectivity index (χ3v) is 3.22. The molecule has 112 valence electrons. The molecule has 2 saturated heterocycles. The summed E-state index contributed by atoms with van der Waals surface area (Å²) in [5.41, 5.74) is 0. The van der Waals surface area contributed by atoms with Crippen molar-refractivity contribution in [1.82, 2.24) is 0 Å². The molecule has 0 aliphatic carbocycles. The topological polar surface area (TPSA) is 149 Å². The second-order valence-electron chi connectivity index (χ2n) is 4.63. The first-order chi connectivity index (χ1) is 8.91. The van der Waals surface area contributed by atoms with Crippen LogP contribution in [0.5, 0.6) is 0 Å². The molecule has 2 aliphatic rings. The highest BCUT2D eigenvalue weighted by atomic mass is 16.7. The van der Waals surface area contributed by atoms with Crippen molar-refractivity contribution in [1.29, 1.82) is 0 Å². The molecule has 2 heterocycles. The van der Waals surface area contributed by atoms with Gasteiger partial charge in [-0.1, -0.05) is 0 Å². The highest BCUT2D eigenvalue weighted by Gasteiger charge is 2.44. The normalized spacial score (nSPS) is 51.5. The van der Waals surface area contributed by atoms with Gasteiger partial charge in [-0.25, -0.2) is 0 Å². The van der Waals surface area contributed by atoms with Gasteiger partial charge in [-0.15, -0.1) is 0 Å². The van der Waals surface area contributed by atoms with Crippen LogP contribution >= 0.6 is 0 Å². The third kappa shape index (κ3) is 3.05. The lowest BCUT2D eigenvalue weighted by atomic mass is 10.1. The maximum atomic E-state index is 9.59. The van der Waals surface area contributed by atoms with Crippen LogP contribution in [0, 0.1) is 0 Å². The smallest absolute Gasteiger partial charge is 0.186 e. The zero-order chi connectivity index (χ0) is 14.2. The lowest BCUT2D eigenvalue weighted by Crippen LogP contribution is -2.54. The molecule has 2 rings (SSSR count). The first-order valence-corrected chi connectivity index (χ1v) is 5.89. The van der Waals surface area contributed by atoms with E-state index in [1.807, 2.05) is 0 Å². The molecule has 0 aromatic carbocycles. The highest BCUT2D eigenvalue weighted by Crippen LogP contribution is 2.22. The summed E-state index contributed by atoms with van der Waals surface area (Å²) in [7, 11) is 0. The summed E-state index contributed by atoms with van der Waals surface area (Å²) in [5, 5.41) is 56.2. The zero-order valence-corrected chi connectivity index (χ0v) is 9.94. The molecular weight excluding hydrogens is 264 g/mol. The van der Waals surface area contributed by atoms with Gasteiger partial charge in [-0.3, -0.25) is 0 Å². The van der Waals surface area contributed by atoms with E-state index >= 15 is 0 Å². The fraction of sp³-hybridized carbons (Fsp3) is 1.00. The molecule has 0 bridgehead atoms. The van der Waals surface area contributed by atoms with E-state index in [4.69, 9.17) is 19.3 Å². The van der Waals surface area contributed by atoms with Gasteiger partial charge in [-0.05, 0) is 0 Å². The van der Waals surface area contributed by atoms with E-state index in [0.29, 0.717) is 0 Å². The van der Waals surface area contributed by atoms with Gasteiger partial charge in [0.15, 0.2) is 12.6 Å². The second-order valence-corrected chi connectivity index (χ2v) is 4.63. The number of ether oxygens (including phenoxy) is 3. The van der Waals surface area contributed by atoms with E-state index in [1.54, 1.807) is 0 Å². The Morgan fingerprint density at radius 1 is 0.895 bits per heavy atom. The van der Waals surface area contributed by atoms with Crippen molar-refractivity contribution in [3.63, 3.8) is 0 Å². The van der Waals surface area contributed by atoms with Crippen LogP contribution in [0.4, 0.5) is 0 Å². The van der Waals surface area contributed by atoms with Crippen molar-refractivity contribution < 1.29 is 44.8 Å². The molecule has 6 N–H and O–H groups in total. The molecule has 0 unspecified atom stereocenters. The quantitative estimate of drug-likeness (QED) is 0.303. The number of aliphatic hydroxyl groups excluding tert-OH is 6. The predicted molar refractivity (Wildman–Crippen MR) is 56.6 cm³/mol. The van der Waals surface area contributed by atoms with Gasteiger partial charge in [0.05, 0.1) is 13.2 Å². The summed E-state index contributed by atoms with van der Waals surface area (Å²) in [6.07, 6.45) is -10.5. The molecule has 0 aromatic heterocycles. The van der Waals surface area contributed by atoms with Gasteiger partial charge in [0.2, 0.25) is 0 Å². The average Bonchev–Trinajstić information content (AvgIpc) is 2.63. The molecular formula is C10H18O9. The van der Waals surface area contributed by atoms with Gasteiger partial charge in [0.1, 0.15) is 36.6 Å². The van der Waals surface area contributed by atoms with E-state index in [2.05, 4.69) is 0 Å². The number of aliphatic hydroxyl groups is 6. The minimum atomic E-state index is -1.51. The highest BCUT2D eigenvalue weighted by molar-refractivity contribution is 4.87. The van der Waals surface area contributed by atoms with E-state index in [-0.39, 0.29) is 13.2 Å². The molecule has 0 spiro atoms. The Kier molecular flexibility index (Phi) is 4.71. The zero-order valence-electron chi connectivity index (χ0n) is 9.94. The van der Waals surface area contributed by atoms with Crippen molar-refractivity contribution in [2.75, 3.05) is 13.2 Å². The minimum Gasteiger partial charge on any atom is -0.388 e. The lowest BCUT2D eigenvalue weighted by molar-refractivity contribution is -0.278. The first kappa shape index (κ1) is 15.0. The van der Waals surface area contributed by atoms with Crippen LogP contribution in [0.3, 0.4) is 0 Å². The summed E-state index contributed by atoms with van der Waals surface area (Å²) in [6, 6.07) is 0.